The Morgan fingerprint density at radius 3 is 3.14 bits per heavy atom. The number of piperidine rings is 1. The first kappa shape index (κ1) is 15.1. The molecule has 1 saturated heterocycles. The molecule has 1 aliphatic heterocycles. The Labute approximate surface area is 133 Å². The Bertz CT molecular complexity index is 611. The van der Waals surface area contributed by atoms with Gasteiger partial charge in [0.1, 0.15) is 5.01 Å². The number of aryl methyl sites for hydroxylation is 2. The molecule has 2 aromatic heterocycles. The van der Waals surface area contributed by atoms with Gasteiger partial charge >= 0.3 is 0 Å². The van der Waals surface area contributed by atoms with Crippen molar-refractivity contribution in [2.75, 3.05) is 6.54 Å². The number of nitrogens with zero attached hydrogens (tertiary/aromatic N) is 4. The van der Waals surface area contributed by atoms with Crippen LogP contribution in [0.2, 0.25) is 0 Å². The molecule has 1 amide bonds. The van der Waals surface area contributed by atoms with E-state index >= 15 is 0 Å². The predicted octanol–water partition coefficient (Wildman–Crippen LogP) is 2.91. The summed E-state index contributed by atoms with van der Waals surface area (Å²) in [6, 6.07) is 0.159. The van der Waals surface area contributed by atoms with E-state index in [0.29, 0.717) is 24.6 Å². The second-order valence-corrected chi connectivity index (χ2v) is 6.48. The molecule has 1 unspecified atom stereocenters. The number of thiazole rings is 1. The third-order valence-electron chi connectivity index (χ3n) is 3.91. The number of aromatic nitrogens is 3. The molecule has 1 atom stereocenters. The van der Waals surface area contributed by atoms with Gasteiger partial charge in [0.2, 0.25) is 11.8 Å². The topological polar surface area (TPSA) is 72.1 Å². The highest BCUT2D eigenvalue weighted by Crippen LogP contribution is 2.32. The van der Waals surface area contributed by atoms with Crippen molar-refractivity contribution in [3.63, 3.8) is 0 Å². The first-order valence-corrected chi connectivity index (χ1v) is 8.60. The lowest BCUT2D eigenvalue weighted by atomic mass is 10.0. The van der Waals surface area contributed by atoms with Crippen molar-refractivity contribution < 1.29 is 9.32 Å². The molecule has 1 fully saturated rings. The van der Waals surface area contributed by atoms with Crippen molar-refractivity contribution in [1.29, 1.82) is 0 Å². The molecule has 6 nitrogen and oxygen atoms in total. The van der Waals surface area contributed by atoms with Gasteiger partial charge in [0, 0.05) is 31.0 Å². The SMILES string of the molecule is Cc1noc(CCCC(=O)N2CCCCC2c2nccs2)n1. The van der Waals surface area contributed by atoms with E-state index in [1.807, 2.05) is 16.5 Å². The maximum Gasteiger partial charge on any atom is 0.226 e. The number of carbonyl (C=O) groups excluding carboxylic acids is 1. The smallest absolute Gasteiger partial charge is 0.226 e. The minimum absolute atomic E-state index is 0.159. The summed E-state index contributed by atoms with van der Waals surface area (Å²) in [6.45, 7) is 2.63. The molecule has 1 aliphatic rings. The van der Waals surface area contributed by atoms with Crippen LogP contribution in [-0.4, -0.2) is 32.5 Å². The average molecular weight is 320 g/mol. The Morgan fingerprint density at radius 1 is 1.50 bits per heavy atom. The van der Waals surface area contributed by atoms with Gasteiger partial charge in [0.15, 0.2) is 5.82 Å². The van der Waals surface area contributed by atoms with Gasteiger partial charge in [0.25, 0.3) is 0 Å². The Kier molecular flexibility index (Phi) is 4.82. The van der Waals surface area contributed by atoms with Crippen LogP contribution in [0.15, 0.2) is 16.1 Å². The van der Waals surface area contributed by atoms with Crippen LogP contribution >= 0.6 is 11.3 Å². The summed E-state index contributed by atoms with van der Waals surface area (Å²) in [6.07, 6.45) is 6.98. The molecule has 7 heteroatoms. The van der Waals surface area contributed by atoms with Crippen LogP contribution in [-0.2, 0) is 11.2 Å². The molecule has 118 valence electrons. The predicted molar refractivity (Wildman–Crippen MR) is 82.4 cm³/mol. The fraction of sp³-hybridized carbons (Fsp3) is 0.600. The quantitative estimate of drug-likeness (QED) is 0.847. The minimum atomic E-state index is 0.159. The van der Waals surface area contributed by atoms with Gasteiger partial charge in [-0.1, -0.05) is 5.16 Å². The molecule has 0 aromatic carbocycles. The summed E-state index contributed by atoms with van der Waals surface area (Å²) in [5.41, 5.74) is 0. The molecule has 2 aromatic rings. The van der Waals surface area contributed by atoms with E-state index in [1.165, 1.54) is 0 Å². The van der Waals surface area contributed by atoms with Crippen molar-refractivity contribution in [2.45, 2.75) is 51.5 Å². The summed E-state index contributed by atoms with van der Waals surface area (Å²) in [4.78, 5) is 23.1. The monoisotopic (exact) mass is 320 g/mol. The van der Waals surface area contributed by atoms with Crippen LogP contribution in [0.1, 0.15) is 54.9 Å². The number of hydrogen-bond donors (Lipinski definition) is 0. The zero-order valence-corrected chi connectivity index (χ0v) is 13.5. The van der Waals surface area contributed by atoms with E-state index in [2.05, 4.69) is 15.1 Å². The molecular weight excluding hydrogens is 300 g/mol. The van der Waals surface area contributed by atoms with Crippen LogP contribution < -0.4 is 0 Å². The molecule has 0 saturated carbocycles. The molecule has 22 heavy (non-hydrogen) atoms. The average Bonchev–Trinajstić information content (AvgIpc) is 3.19. The van der Waals surface area contributed by atoms with E-state index in [1.54, 1.807) is 18.3 Å². The number of likely N-dealkylation sites (tertiary alicyclic amines) is 1. The summed E-state index contributed by atoms with van der Waals surface area (Å²) in [7, 11) is 0. The molecule has 0 spiro atoms. The van der Waals surface area contributed by atoms with E-state index in [-0.39, 0.29) is 11.9 Å². The van der Waals surface area contributed by atoms with Gasteiger partial charge in [0.05, 0.1) is 6.04 Å². The molecule has 0 N–H and O–H groups in total. The van der Waals surface area contributed by atoms with Crippen molar-refractivity contribution in [3.05, 3.63) is 28.3 Å². The van der Waals surface area contributed by atoms with Crippen molar-refractivity contribution in [2.24, 2.45) is 0 Å². The molecule has 3 heterocycles. The lowest BCUT2D eigenvalue weighted by Gasteiger charge is -2.34. The first-order valence-electron chi connectivity index (χ1n) is 7.72. The fourth-order valence-electron chi connectivity index (χ4n) is 2.86. The van der Waals surface area contributed by atoms with E-state index in [4.69, 9.17) is 4.52 Å². The van der Waals surface area contributed by atoms with Crippen LogP contribution in [0.3, 0.4) is 0 Å². The Balaban J connectivity index is 1.55. The number of carbonyl (C=O) groups is 1. The fourth-order valence-corrected chi connectivity index (χ4v) is 3.65. The number of amides is 1. The number of hydrogen-bond acceptors (Lipinski definition) is 6. The Hall–Kier alpha value is -1.76. The van der Waals surface area contributed by atoms with Crippen LogP contribution in [0.25, 0.3) is 0 Å². The largest absolute Gasteiger partial charge is 0.339 e. The zero-order valence-electron chi connectivity index (χ0n) is 12.7. The highest BCUT2D eigenvalue weighted by Gasteiger charge is 2.29. The van der Waals surface area contributed by atoms with Crippen molar-refractivity contribution >= 4 is 17.2 Å². The highest BCUT2D eigenvalue weighted by molar-refractivity contribution is 7.09. The third kappa shape index (κ3) is 3.52. The van der Waals surface area contributed by atoms with Crippen LogP contribution in [0.5, 0.6) is 0 Å². The lowest BCUT2D eigenvalue weighted by molar-refractivity contribution is -0.135. The second kappa shape index (κ2) is 7.00. The molecule has 0 aliphatic carbocycles. The standard InChI is InChI=1S/C15H20N4O2S/c1-11-17-13(21-18-11)6-4-7-14(20)19-9-3-2-5-12(19)15-16-8-10-22-15/h8,10,12H,2-7,9H2,1H3. The molecule has 0 radical (unpaired) electrons. The van der Waals surface area contributed by atoms with Crippen molar-refractivity contribution in [1.82, 2.24) is 20.0 Å². The summed E-state index contributed by atoms with van der Waals surface area (Å²) in [5.74, 6) is 1.46. The van der Waals surface area contributed by atoms with Gasteiger partial charge in [-0.2, -0.15) is 4.98 Å². The normalized spacial score (nSPS) is 18.6. The van der Waals surface area contributed by atoms with E-state index in [0.717, 1.165) is 37.2 Å². The molecule has 0 bridgehead atoms. The van der Waals surface area contributed by atoms with Crippen LogP contribution in [0.4, 0.5) is 0 Å². The maximum absolute atomic E-state index is 12.5. The zero-order chi connectivity index (χ0) is 15.4. The van der Waals surface area contributed by atoms with E-state index < -0.39 is 0 Å². The van der Waals surface area contributed by atoms with Gasteiger partial charge < -0.3 is 9.42 Å². The highest BCUT2D eigenvalue weighted by atomic mass is 32.1. The van der Waals surface area contributed by atoms with Crippen LogP contribution in [0, 0.1) is 6.92 Å². The maximum atomic E-state index is 12.5. The third-order valence-corrected chi connectivity index (χ3v) is 4.79. The Morgan fingerprint density at radius 2 is 2.41 bits per heavy atom. The van der Waals surface area contributed by atoms with E-state index in [9.17, 15) is 4.79 Å². The first-order chi connectivity index (χ1) is 10.7. The van der Waals surface area contributed by atoms with Gasteiger partial charge in [-0.25, -0.2) is 4.98 Å². The summed E-state index contributed by atoms with van der Waals surface area (Å²) in [5, 5.41) is 6.79. The molecular formula is C15H20N4O2S. The van der Waals surface area contributed by atoms with Gasteiger partial charge in [-0.3, -0.25) is 4.79 Å². The number of rotatable bonds is 5. The van der Waals surface area contributed by atoms with Gasteiger partial charge in [-0.05, 0) is 32.6 Å². The second-order valence-electron chi connectivity index (χ2n) is 5.56. The van der Waals surface area contributed by atoms with Crippen molar-refractivity contribution in [3.8, 4) is 0 Å². The lowest BCUT2D eigenvalue weighted by Crippen LogP contribution is -2.38. The summed E-state index contributed by atoms with van der Waals surface area (Å²) < 4.78 is 5.08. The molecule has 3 rings (SSSR count). The van der Waals surface area contributed by atoms with Gasteiger partial charge in [-0.15, -0.1) is 11.3 Å². The summed E-state index contributed by atoms with van der Waals surface area (Å²) >= 11 is 1.64. The minimum Gasteiger partial charge on any atom is -0.339 e.